The molecule has 5 rings (SSSR count). The van der Waals surface area contributed by atoms with Crippen LogP contribution in [0.3, 0.4) is 0 Å². The van der Waals surface area contributed by atoms with Crippen LogP contribution in [0.1, 0.15) is 24.2 Å². The second kappa shape index (κ2) is 7.13. The molecule has 0 bridgehead atoms. The molecule has 1 aliphatic carbocycles. The Morgan fingerprint density at radius 1 is 1.11 bits per heavy atom. The Labute approximate surface area is 166 Å². The molecule has 0 amide bonds. The van der Waals surface area contributed by atoms with Gasteiger partial charge in [0.15, 0.2) is 16.6 Å². The van der Waals surface area contributed by atoms with Gasteiger partial charge in [0.2, 0.25) is 0 Å². The summed E-state index contributed by atoms with van der Waals surface area (Å²) in [5, 5.41) is 2.87. The van der Waals surface area contributed by atoms with Gasteiger partial charge in [-0.1, -0.05) is 24.3 Å². The molecule has 2 heterocycles. The van der Waals surface area contributed by atoms with Gasteiger partial charge < -0.3 is 9.47 Å². The van der Waals surface area contributed by atoms with E-state index in [0.717, 1.165) is 51.9 Å². The van der Waals surface area contributed by atoms with Crippen molar-refractivity contribution in [3.63, 3.8) is 0 Å². The highest BCUT2D eigenvalue weighted by Crippen LogP contribution is 2.37. The number of nitrogens with zero attached hydrogens (tertiary/aromatic N) is 3. The molecule has 0 N–H and O–H groups in total. The summed E-state index contributed by atoms with van der Waals surface area (Å²) in [6.45, 7) is 0. The van der Waals surface area contributed by atoms with Crippen molar-refractivity contribution in [2.75, 3.05) is 7.11 Å². The number of methoxy groups -OCH3 is 1. The molecular weight excluding hydrogens is 370 g/mol. The number of imidazole rings is 1. The number of rotatable bonds is 6. The smallest absolute Gasteiger partial charge is 0.195 e. The summed E-state index contributed by atoms with van der Waals surface area (Å²) < 4.78 is 13.7. The molecule has 6 heteroatoms. The lowest BCUT2D eigenvalue weighted by atomic mass is 10.1. The largest absolute Gasteiger partial charge is 0.493 e. The van der Waals surface area contributed by atoms with Crippen molar-refractivity contribution in [3.05, 3.63) is 65.4 Å². The minimum absolute atomic E-state index is 0.295. The van der Waals surface area contributed by atoms with Crippen LogP contribution in [0.5, 0.6) is 11.5 Å². The van der Waals surface area contributed by atoms with Crippen molar-refractivity contribution in [2.45, 2.75) is 18.9 Å². The first-order valence-corrected chi connectivity index (χ1v) is 10.1. The summed E-state index contributed by atoms with van der Waals surface area (Å²) in [6.07, 6.45) is 8.35. The first kappa shape index (κ1) is 17.0. The fourth-order valence-electron chi connectivity index (χ4n) is 3.15. The SMILES string of the molecule is COc1cccc(/C=C/c2nc3ccccc3n2-c2nccs2)c1OC1CC1. The van der Waals surface area contributed by atoms with Crippen LogP contribution < -0.4 is 9.47 Å². The van der Waals surface area contributed by atoms with Gasteiger partial charge >= 0.3 is 0 Å². The van der Waals surface area contributed by atoms with Gasteiger partial charge in [0.1, 0.15) is 5.82 Å². The maximum atomic E-state index is 6.11. The number of hydrogen-bond donors (Lipinski definition) is 0. The zero-order valence-corrected chi connectivity index (χ0v) is 16.2. The fraction of sp³-hybridized carbons (Fsp3) is 0.182. The molecule has 1 aliphatic rings. The van der Waals surface area contributed by atoms with Crippen molar-refractivity contribution in [1.82, 2.24) is 14.5 Å². The summed E-state index contributed by atoms with van der Waals surface area (Å²) in [6, 6.07) is 14.0. The second-order valence-electron chi connectivity index (χ2n) is 6.64. The highest BCUT2D eigenvalue weighted by molar-refractivity contribution is 7.12. The molecular formula is C22H19N3O2S. The van der Waals surface area contributed by atoms with Crippen LogP contribution in [0.25, 0.3) is 28.3 Å². The molecule has 1 saturated carbocycles. The van der Waals surface area contributed by atoms with Crippen LogP contribution in [-0.2, 0) is 0 Å². The lowest BCUT2D eigenvalue weighted by Gasteiger charge is -2.12. The Balaban J connectivity index is 1.59. The van der Waals surface area contributed by atoms with Gasteiger partial charge in [0.05, 0.1) is 24.2 Å². The van der Waals surface area contributed by atoms with Crippen LogP contribution in [0.4, 0.5) is 0 Å². The lowest BCUT2D eigenvalue weighted by Crippen LogP contribution is -2.00. The molecule has 0 aliphatic heterocycles. The van der Waals surface area contributed by atoms with E-state index in [1.807, 2.05) is 60.1 Å². The first-order valence-electron chi connectivity index (χ1n) is 9.22. The lowest BCUT2D eigenvalue weighted by molar-refractivity contribution is 0.281. The minimum atomic E-state index is 0.295. The molecule has 5 nitrogen and oxygen atoms in total. The zero-order valence-electron chi connectivity index (χ0n) is 15.4. The zero-order chi connectivity index (χ0) is 18.9. The third-order valence-corrected chi connectivity index (χ3v) is 5.40. The third-order valence-electron chi connectivity index (χ3n) is 4.65. The average Bonchev–Trinajstić information content (AvgIpc) is 3.24. The van der Waals surface area contributed by atoms with E-state index < -0.39 is 0 Å². The molecule has 0 atom stereocenters. The molecule has 2 aromatic carbocycles. The highest BCUT2D eigenvalue weighted by Gasteiger charge is 2.26. The number of thiazole rings is 1. The van der Waals surface area contributed by atoms with Crippen molar-refractivity contribution >= 4 is 34.5 Å². The van der Waals surface area contributed by atoms with E-state index in [-0.39, 0.29) is 0 Å². The van der Waals surface area contributed by atoms with Crippen LogP contribution >= 0.6 is 11.3 Å². The van der Waals surface area contributed by atoms with Crippen molar-refractivity contribution in [3.8, 4) is 16.6 Å². The number of fused-ring (bicyclic) bond motifs is 1. The second-order valence-corrected chi connectivity index (χ2v) is 7.51. The number of benzene rings is 2. The summed E-state index contributed by atoms with van der Waals surface area (Å²) in [7, 11) is 1.67. The van der Waals surface area contributed by atoms with Crippen molar-refractivity contribution in [1.29, 1.82) is 0 Å². The van der Waals surface area contributed by atoms with E-state index in [0.29, 0.717) is 6.10 Å². The molecule has 140 valence electrons. The Morgan fingerprint density at radius 3 is 2.79 bits per heavy atom. The first-order chi connectivity index (χ1) is 13.8. The van der Waals surface area contributed by atoms with Crippen molar-refractivity contribution < 1.29 is 9.47 Å². The van der Waals surface area contributed by atoms with E-state index in [9.17, 15) is 0 Å². The summed E-state index contributed by atoms with van der Waals surface area (Å²) in [4.78, 5) is 9.28. The maximum absolute atomic E-state index is 6.11. The summed E-state index contributed by atoms with van der Waals surface area (Å²) in [5.74, 6) is 2.37. The van der Waals surface area contributed by atoms with Gasteiger partial charge in [-0.3, -0.25) is 4.57 Å². The van der Waals surface area contributed by atoms with Crippen LogP contribution in [0.15, 0.2) is 54.0 Å². The minimum Gasteiger partial charge on any atom is -0.493 e. The van der Waals surface area contributed by atoms with Gasteiger partial charge in [-0.05, 0) is 43.2 Å². The van der Waals surface area contributed by atoms with Gasteiger partial charge in [-0.15, -0.1) is 11.3 Å². The average molecular weight is 389 g/mol. The van der Waals surface area contributed by atoms with Gasteiger partial charge in [0, 0.05) is 17.1 Å². The van der Waals surface area contributed by atoms with E-state index in [4.69, 9.17) is 14.5 Å². The summed E-state index contributed by atoms with van der Waals surface area (Å²) in [5.41, 5.74) is 2.96. The predicted octanol–water partition coefficient (Wildman–Crippen LogP) is 5.20. The molecule has 0 spiro atoms. The molecule has 0 saturated heterocycles. The quantitative estimate of drug-likeness (QED) is 0.455. The van der Waals surface area contributed by atoms with Crippen LogP contribution in [-0.4, -0.2) is 27.7 Å². The van der Waals surface area contributed by atoms with E-state index in [1.54, 1.807) is 18.4 Å². The molecule has 0 unspecified atom stereocenters. The van der Waals surface area contributed by atoms with E-state index in [2.05, 4.69) is 15.6 Å². The van der Waals surface area contributed by atoms with Crippen LogP contribution in [0.2, 0.25) is 0 Å². The highest BCUT2D eigenvalue weighted by atomic mass is 32.1. The number of hydrogen-bond acceptors (Lipinski definition) is 5. The van der Waals surface area contributed by atoms with E-state index >= 15 is 0 Å². The number of ether oxygens (including phenoxy) is 2. The Bertz CT molecular complexity index is 1140. The number of para-hydroxylation sites is 3. The topological polar surface area (TPSA) is 49.2 Å². The monoisotopic (exact) mass is 389 g/mol. The molecule has 4 aromatic rings. The standard InChI is InChI=1S/C22H19N3O2S/c1-26-19-8-4-5-15(21(19)27-16-10-11-16)9-12-20-24-17-6-2-3-7-18(17)25(20)22-23-13-14-28-22/h2-9,12-14,16H,10-11H2,1H3/b12-9+. The van der Waals surface area contributed by atoms with Crippen LogP contribution in [0, 0.1) is 0 Å². The molecule has 28 heavy (non-hydrogen) atoms. The number of aromatic nitrogens is 3. The molecule has 0 radical (unpaired) electrons. The fourth-order valence-corrected chi connectivity index (χ4v) is 3.81. The predicted molar refractivity (Wildman–Crippen MR) is 112 cm³/mol. The molecule has 1 fully saturated rings. The Kier molecular flexibility index (Phi) is 4.33. The Morgan fingerprint density at radius 2 is 2.00 bits per heavy atom. The van der Waals surface area contributed by atoms with Gasteiger partial charge in [-0.25, -0.2) is 9.97 Å². The molecule has 2 aromatic heterocycles. The normalized spacial score (nSPS) is 14.0. The Hall–Kier alpha value is -3.12. The van der Waals surface area contributed by atoms with E-state index in [1.165, 1.54) is 0 Å². The van der Waals surface area contributed by atoms with Crippen molar-refractivity contribution in [2.24, 2.45) is 0 Å². The summed E-state index contributed by atoms with van der Waals surface area (Å²) >= 11 is 1.59. The third kappa shape index (κ3) is 3.16. The van der Waals surface area contributed by atoms with Gasteiger partial charge in [-0.2, -0.15) is 0 Å². The maximum Gasteiger partial charge on any atom is 0.195 e. The van der Waals surface area contributed by atoms with Gasteiger partial charge in [0.25, 0.3) is 0 Å².